The molecule has 1 fully saturated rings. The van der Waals surface area contributed by atoms with Crippen LogP contribution in [0, 0.1) is 12.8 Å². The molecule has 0 aromatic carbocycles. The number of amides is 2. The van der Waals surface area contributed by atoms with Crippen molar-refractivity contribution in [3.8, 4) is 9.88 Å². The Labute approximate surface area is 136 Å². The first-order valence-corrected chi connectivity index (χ1v) is 8.92. The Hall–Kier alpha value is -1.73. The van der Waals surface area contributed by atoms with E-state index in [4.69, 9.17) is 0 Å². The van der Waals surface area contributed by atoms with Crippen LogP contribution in [0.1, 0.15) is 28.2 Å². The molecule has 0 bridgehead atoms. The molecule has 2 amide bonds. The summed E-state index contributed by atoms with van der Waals surface area (Å²) in [4.78, 5) is 29.8. The van der Waals surface area contributed by atoms with E-state index in [1.165, 1.54) is 11.3 Å². The molecular formula is C15H17N3O2S2. The van der Waals surface area contributed by atoms with Crippen molar-refractivity contribution in [2.45, 2.75) is 19.8 Å². The number of thiophene rings is 1. The normalized spacial score (nSPS) is 13.9. The van der Waals surface area contributed by atoms with E-state index < -0.39 is 0 Å². The first kappa shape index (κ1) is 15.2. The van der Waals surface area contributed by atoms with E-state index in [0.29, 0.717) is 18.0 Å². The minimum absolute atomic E-state index is 0.100. The summed E-state index contributed by atoms with van der Waals surface area (Å²) in [5, 5.41) is 8.53. The molecule has 3 rings (SSSR count). The summed E-state index contributed by atoms with van der Waals surface area (Å²) in [6.45, 7) is 2.75. The summed E-state index contributed by atoms with van der Waals surface area (Å²) in [6.07, 6.45) is 1.98. The molecule has 5 nitrogen and oxygen atoms in total. The minimum Gasteiger partial charge on any atom is -0.354 e. The lowest BCUT2D eigenvalue weighted by Gasteiger charge is -2.05. The van der Waals surface area contributed by atoms with Crippen molar-refractivity contribution in [3.05, 3.63) is 28.1 Å². The van der Waals surface area contributed by atoms with Gasteiger partial charge < -0.3 is 10.6 Å². The number of carbonyl (C=O) groups excluding carboxylic acids is 2. The zero-order valence-corrected chi connectivity index (χ0v) is 13.9. The second kappa shape index (κ2) is 6.58. The zero-order chi connectivity index (χ0) is 15.5. The molecule has 0 aliphatic heterocycles. The van der Waals surface area contributed by atoms with Crippen LogP contribution in [0.15, 0.2) is 17.5 Å². The number of hydrogen-bond acceptors (Lipinski definition) is 5. The lowest BCUT2D eigenvalue weighted by Crippen LogP contribution is -2.35. The highest BCUT2D eigenvalue weighted by molar-refractivity contribution is 7.22. The van der Waals surface area contributed by atoms with Crippen LogP contribution in [0.2, 0.25) is 0 Å². The molecule has 0 atom stereocenters. The Kier molecular flexibility index (Phi) is 4.54. The Morgan fingerprint density at radius 2 is 2.09 bits per heavy atom. The SMILES string of the molecule is Cc1nc(-c2cccs2)sc1C(=O)NCCNC(=O)C1CC1. The largest absolute Gasteiger partial charge is 0.354 e. The van der Waals surface area contributed by atoms with Crippen molar-refractivity contribution >= 4 is 34.5 Å². The van der Waals surface area contributed by atoms with Gasteiger partial charge in [-0.1, -0.05) is 6.07 Å². The number of nitrogens with zero attached hydrogens (tertiary/aromatic N) is 1. The monoisotopic (exact) mass is 335 g/mol. The average Bonchev–Trinajstić information content (AvgIpc) is 3.06. The van der Waals surface area contributed by atoms with E-state index in [9.17, 15) is 9.59 Å². The molecule has 22 heavy (non-hydrogen) atoms. The highest BCUT2D eigenvalue weighted by Gasteiger charge is 2.29. The summed E-state index contributed by atoms with van der Waals surface area (Å²) >= 11 is 3.02. The van der Waals surface area contributed by atoms with Gasteiger partial charge in [0.2, 0.25) is 5.91 Å². The summed E-state index contributed by atoms with van der Waals surface area (Å²) in [7, 11) is 0. The predicted octanol–water partition coefficient (Wildman–Crippen LogP) is 2.44. The summed E-state index contributed by atoms with van der Waals surface area (Å²) in [6, 6.07) is 3.97. The molecule has 0 radical (unpaired) electrons. The number of thiazole rings is 1. The molecule has 1 aliphatic carbocycles. The molecular weight excluding hydrogens is 318 g/mol. The van der Waals surface area contributed by atoms with E-state index in [0.717, 1.165) is 28.4 Å². The number of hydrogen-bond donors (Lipinski definition) is 2. The average molecular weight is 335 g/mol. The van der Waals surface area contributed by atoms with Gasteiger partial charge in [0.05, 0.1) is 10.6 Å². The van der Waals surface area contributed by atoms with Crippen LogP contribution in [-0.2, 0) is 4.79 Å². The molecule has 0 saturated heterocycles. The molecule has 7 heteroatoms. The number of nitrogens with one attached hydrogen (secondary N) is 2. The Balaban J connectivity index is 1.52. The van der Waals surface area contributed by atoms with Crippen LogP contribution >= 0.6 is 22.7 Å². The van der Waals surface area contributed by atoms with Gasteiger partial charge in [0.25, 0.3) is 5.91 Å². The number of aryl methyl sites for hydroxylation is 1. The van der Waals surface area contributed by atoms with Crippen molar-refractivity contribution in [2.75, 3.05) is 13.1 Å². The number of rotatable bonds is 6. The Bertz CT molecular complexity index is 675. The molecule has 116 valence electrons. The molecule has 2 N–H and O–H groups in total. The third-order valence-corrected chi connectivity index (χ3v) is 5.59. The second-order valence-corrected chi connectivity index (χ2v) is 7.18. The van der Waals surface area contributed by atoms with Crippen molar-refractivity contribution in [1.82, 2.24) is 15.6 Å². The maximum absolute atomic E-state index is 12.2. The van der Waals surface area contributed by atoms with Gasteiger partial charge in [-0.15, -0.1) is 22.7 Å². The van der Waals surface area contributed by atoms with E-state index in [2.05, 4.69) is 15.6 Å². The summed E-state index contributed by atoms with van der Waals surface area (Å²) in [5.74, 6) is 0.175. The fraction of sp³-hybridized carbons (Fsp3) is 0.400. The lowest BCUT2D eigenvalue weighted by atomic mass is 10.3. The van der Waals surface area contributed by atoms with Crippen LogP contribution < -0.4 is 10.6 Å². The summed E-state index contributed by atoms with van der Waals surface area (Å²) < 4.78 is 0. The van der Waals surface area contributed by atoms with Crippen LogP contribution in [-0.4, -0.2) is 29.9 Å². The van der Waals surface area contributed by atoms with E-state index in [1.54, 1.807) is 11.3 Å². The molecule has 2 aromatic rings. The van der Waals surface area contributed by atoms with Crippen molar-refractivity contribution < 1.29 is 9.59 Å². The quantitative estimate of drug-likeness (QED) is 0.797. The third-order valence-electron chi connectivity index (χ3n) is 3.39. The topological polar surface area (TPSA) is 71.1 Å². The second-order valence-electron chi connectivity index (χ2n) is 5.23. The fourth-order valence-corrected chi connectivity index (χ4v) is 3.82. The molecule has 1 aliphatic rings. The number of carbonyl (C=O) groups is 2. The van der Waals surface area contributed by atoms with E-state index in [-0.39, 0.29) is 17.7 Å². The Morgan fingerprint density at radius 3 is 2.77 bits per heavy atom. The van der Waals surface area contributed by atoms with Gasteiger partial charge in [-0.2, -0.15) is 0 Å². The molecule has 1 saturated carbocycles. The summed E-state index contributed by atoms with van der Waals surface area (Å²) in [5.41, 5.74) is 0.743. The van der Waals surface area contributed by atoms with Gasteiger partial charge in [-0.3, -0.25) is 9.59 Å². The minimum atomic E-state index is -0.126. The molecule has 2 aromatic heterocycles. The van der Waals surface area contributed by atoms with Crippen LogP contribution in [0.25, 0.3) is 9.88 Å². The molecule has 2 heterocycles. The van der Waals surface area contributed by atoms with Gasteiger partial charge in [-0.05, 0) is 31.2 Å². The molecule has 0 spiro atoms. The lowest BCUT2D eigenvalue weighted by molar-refractivity contribution is -0.122. The van der Waals surface area contributed by atoms with Crippen LogP contribution in [0.3, 0.4) is 0 Å². The zero-order valence-electron chi connectivity index (χ0n) is 12.2. The van der Waals surface area contributed by atoms with Crippen molar-refractivity contribution in [3.63, 3.8) is 0 Å². The highest BCUT2D eigenvalue weighted by Crippen LogP contribution is 2.31. The van der Waals surface area contributed by atoms with Crippen molar-refractivity contribution in [1.29, 1.82) is 0 Å². The predicted molar refractivity (Wildman–Crippen MR) is 88.2 cm³/mol. The van der Waals surface area contributed by atoms with Crippen LogP contribution in [0.5, 0.6) is 0 Å². The highest BCUT2D eigenvalue weighted by atomic mass is 32.1. The first-order chi connectivity index (χ1) is 10.6. The van der Waals surface area contributed by atoms with Crippen molar-refractivity contribution in [2.24, 2.45) is 5.92 Å². The van der Waals surface area contributed by atoms with Crippen LogP contribution in [0.4, 0.5) is 0 Å². The maximum Gasteiger partial charge on any atom is 0.263 e. The van der Waals surface area contributed by atoms with E-state index in [1.807, 2.05) is 24.4 Å². The van der Waals surface area contributed by atoms with Gasteiger partial charge in [-0.25, -0.2) is 4.98 Å². The van der Waals surface area contributed by atoms with Gasteiger partial charge in [0.15, 0.2) is 0 Å². The maximum atomic E-state index is 12.2. The first-order valence-electron chi connectivity index (χ1n) is 7.22. The number of aromatic nitrogens is 1. The van der Waals surface area contributed by atoms with Gasteiger partial charge in [0, 0.05) is 19.0 Å². The molecule has 0 unspecified atom stereocenters. The van der Waals surface area contributed by atoms with E-state index >= 15 is 0 Å². The fourth-order valence-electron chi connectivity index (χ4n) is 2.04. The standard InChI is InChI=1S/C15H17N3O2S2/c1-9-12(22-15(18-9)11-3-2-8-21-11)14(20)17-7-6-16-13(19)10-4-5-10/h2-3,8,10H,4-7H2,1H3,(H,16,19)(H,17,20). The van der Waals surface area contributed by atoms with Gasteiger partial charge >= 0.3 is 0 Å². The third kappa shape index (κ3) is 3.53. The Morgan fingerprint density at radius 1 is 1.32 bits per heavy atom. The smallest absolute Gasteiger partial charge is 0.263 e. The van der Waals surface area contributed by atoms with Gasteiger partial charge in [0.1, 0.15) is 9.88 Å².